The molecular weight excluding hydrogens is 454 g/mol. The van der Waals surface area contributed by atoms with Crippen LogP contribution < -0.4 is 10.2 Å². The number of rotatable bonds is 3. The maximum Gasteiger partial charge on any atom is 0.321 e. The average molecular weight is 474 g/mol. The highest BCUT2D eigenvalue weighted by atomic mass is 19.1. The molecule has 1 spiro atoms. The largest absolute Gasteiger partial charge is 0.324 e. The first-order valence-electron chi connectivity index (χ1n) is 11.0. The number of piperidine rings is 1. The van der Waals surface area contributed by atoms with Gasteiger partial charge in [0.1, 0.15) is 17.7 Å². The van der Waals surface area contributed by atoms with Crippen LogP contribution in [0.4, 0.5) is 25.0 Å². The van der Waals surface area contributed by atoms with Crippen molar-refractivity contribution >= 4 is 23.3 Å². The molecule has 2 aliphatic rings. The minimum Gasteiger partial charge on any atom is -0.324 e. The number of anilines is 2. The average Bonchev–Trinajstić information content (AvgIpc) is 2.86. The fourth-order valence-electron chi connectivity index (χ4n) is 4.92. The van der Waals surface area contributed by atoms with Crippen LogP contribution in [0.5, 0.6) is 0 Å². The molecule has 2 fully saturated rings. The molecule has 5 rings (SSSR count). The maximum absolute atomic E-state index is 13.5. The van der Waals surface area contributed by atoms with E-state index >= 15 is 0 Å². The smallest absolute Gasteiger partial charge is 0.321 e. The molecule has 2 aromatic heterocycles. The highest BCUT2D eigenvalue weighted by Gasteiger charge is 2.62. The third kappa shape index (κ3) is 3.95. The SMILES string of the molecule is N#Cc1cncc(N2C(=O)C3(CCN(C(=O)Nc4cc(F)cc(F)c4)CC3)C2c2ccccn2)c1. The van der Waals surface area contributed by atoms with E-state index < -0.39 is 23.1 Å². The number of carbonyl (C=O) groups is 2. The van der Waals surface area contributed by atoms with Crippen LogP contribution >= 0.6 is 0 Å². The highest BCUT2D eigenvalue weighted by molar-refractivity contribution is 6.06. The number of urea groups is 1. The number of nitrogens with zero attached hydrogens (tertiary/aromatic N) is 5. The molecule has 176 valence electrons. The zero-order valence-electron chi connectivity index (χ0n) is 18.5. The number of nitrogens with one attached hydrogen (secondary N) is 1. The van der Waals surface area contributed by atoms with Crippen LogP contribution in [0.25, 0.3) is 0 Å². The number of amides is 3. The number of nitriles is 1. The second-order valence-electron chi connectivity index (χ2n) is 8.61. The summed E-state index contributed by atoms with van der Waals surface area (Å²) in [6.07, 6.45) is 5.41. The number of carbonyl (C=O) groups excluding carboxylic acids is 2. The van der Waals surface area contributed by atoms with Gasteiger partial charge in [-0.3, -0.25) is 14.8 Å². The lowest BCUT2D eigenvalue weighted by Gasteiger charge is -2.58. The number of halogens is 2. The van der Waals surface area contributed by atoms with Crippen LogP contribution in [-0.2, 0) is 4.79 Å². The molecule has 1 atom stereocenters. The Balaban J connectivity index is 1.37. The quantitative estimate of drug-likeness (QED) is 0.578. The molecule has 1 unspecified atom stereocenters. The maximum atomic E-state index is 13.5. The fourth-order valence-corrected chi connectivity index (χ4v) is 4.92. The standard InChI is InChI=1S/C25H20F2N6O2/c26-17-10-18(27)12-19(11-17)31-24(35)32-7-4-25(5-8-32)22(21-3-1-2-6-30-21)33(23(25)34)20-9-16(13-28)14-29-15-20/h1-3,6,9-12,14-15,22H,4-5,7-8H2,(H,31,35). The lowest BCUT2D eigenvalue weighted by atomic mass is 9.63. The molecule has 4 heterocycles. The number of hydrogen-bond donors (Lipinski definition) is 1. The van der Waals surface area contributed by atoms with E-state index in [1.54, 1.807) is 29.4 Å². The molecule has 3 amide bonds. The number of likely N-dealkylation sites (tertiary alicyclic amines) is 1. The van der Waals surface area contributed by atoms with Crippen LogP contribution in [0.3, 0.4) is 0 Å². The van der Waals surface area contributed by atoms with E-state index in [1.807, 2.05) is 18.2 Å². The van der Waals surface area contributed by atoms with Gasteiger partial charge in [-0.05, 0) is 43.2 Å². The molecule has 2 saturated heterocycles. The van der Waals surface area contributed by atoms with Crippen LogP contribution in [0.15, 0.2) is 61.1 Å². The first-order valence-corrected chi connectivity index (χ1v) is 11.0. The summed E-state index contributed by atoms with van der Waals surface area (Å²) in [5.41, 5.74) is 0.830. The van der Waals surface area contributed by atoms with Crippen LogP contribution in [0, 0.1) is 28.4 Å². The lowest BCUT2D eigenvalue weighted by Crippen LogP contribution is -2.67. The molecule has 35 heavy (non-hydrogen) atoms. The molecule has 10 heteroatoms. The molecule has 1 N–H and O–H groups in total. The normalized spacial score (nSPS) is 18.7. The number of aromatic nitrogens is 2. The Morgan fingerprint density at radius 2 is 1.86 bits per heavy atom. The first kappa shape index (κ1) is 22.4. The number of hydrogen-bond acceptors (Lipinski definition) is 5. The molecule has 0 aliphatic carbocycles. The summed E-state index contributed by atoms with van der Waals surface area (Å²) in [6, 6.07) is 11.1. The Bertz CT molecular complexity index is 1320. The predicted molar refractivity (Wildman–Crippen MR) is 122 cm³/mol. The molecule has 1 aromatic carbocycles. The molecule has 8 nitrogen and oxygen atoms in total. The summed E-state index contributed by atoms with van der Waals surface area (Å²) in [4.78, 5) is 38.0. The fraction of sp³-hybridized carbons (Fsp3) is 0.240. The second-order valence-corrected chi connectivity index (χ2v) is 8.61. The van der Waals surface area contributed by atoms with Crippen molar-refractivity contribution in [1.29, 1.82) is 5.26 Å². The number of pyridine rings is 2. The van der Waals surface area contributed by atoms with Gasteiger partial charge in [0.05, 0.1) is 34.6 Å². The summed E-state index contributed by atoms with van der Waals surface area (Å²) in [5, 5.41) is 11.8. The van der Waals surface area contributed by atoms with Gasteiger partial charge < -0.3 is 15.1 Å². The molecule has 3 aromatic rings. The highest BCUT2D eigenvalue weighted by Crippen LogP contribution is 2.57. The van der Waals surface area contributed by atoms with Gasteiger partial charge >= 0.3 is 6.03 Å². The van der Waals surface area contributed by atoms with Crippen molar-refractivity contribution in [2.45, 2.75) is 18.9 Å². The molecule has 0 bridgehead atoms. The summed E-state index contributed by atoms with van der Waals surface area (Å²) in [5.74, 6) is -1.69. The van der Waals surface area contributed by atoms with E-state index in [9.17, 15) is 23.6 Å². The van der Waals surface area contributed by atoms with Gasteiger partial charge in [-0.2, -0.15) is 5.26 Å². The first-order chi connectivity index (χ1) is 16.9. The van der Waals surface area contributed by atoms with Gasteiger partial charge in [-0.15, -0.1) is 0 Å². The van der Waals surface area contributed by atoms with Crippen molar-refractivity contribution in [3.63, 3.8) is 0 Å². The van der Waals surface area contributed by atoms with Crippen molar-refractivity contribution in [3.05, 3.63) is 83.9 Å². The Labute approximate surface area is 199 Å². The van der Waals surface area contributed by atoms with E-state index in [4.69, 9.17) is 0 Å². The summed E-state index contributed by atoms with van der Waals surface area (Å²) in [7, 11) is 0. The van der Waals surface area contributed by atoms with Crippen molar-refractivity contribution in [2.75, 3.05) is 23.3 Å². The minimum absolute atomic E-state index is 0.0231. The van der Waals surface area contributed by atoms with Gasteiger partial charge in [0.15, 0.2) is 0 Å². The van der Waals surface area contributed by atoms with E-state index in [2.05, 4.69) is 15.3 Å². The molecule has 0 radical (unpaired) electrons. The Hall–Kier alpha value is -4.39. The summed E-state index contributed by atoms with van der Waals surface area (Å²) >= 11 is 0. The van der Waals surface area contributed by atoms with Crippen LogP contribution in [0.2, 0.25) is 0 Å². The Morgan fingerprint density at radius 1 is 1.11 bits per heavy atom. The summed E-state index contributed by atoms with van der Waals surface area (Å²) < 4.78 is 26.9. The van der Waals surface area contributed by atoms with Gasteiger partial charge in [0.2, 0.25) is 5.91 Å². The van der Waals surface area contributed by atoms with E-state index in [0.717, 1.165) is 18.2 Å². The lowest BCUT2D eigenvalue weighted by molar-refractivity contribution is -0.144. The Kier molecular flexibility index (Phi) is 5.61. The van der Waals surface area contributed by atoms with Crippen molar-refractivity contribution in [1.82, 2.24) is 14.9 Å². The van der Waals surface area contributed by atoms with E-state index in [0.29, 0.717) is 29.8 Å². The van der Waals surface area contributed by atoms with Gasteiger partial charge in [-0.25, -0.2) is 13.6 Å². The zero-order chi connectivity index (χ0) is 24.6. The van der Waals surface area contributed by atoms with Crippen molar-refractivity contribution in [2.24, 2.45) is 5.41 Å². The minimum atomic E-state index is -0.786. The van der Waals surface area contributed by atoms with Crippen molar-refractivity contribution < 1.29 is 18.4 Å². The topological polar surface area (TPSA) is 102 Å². The molecule has 0 saturated carbocycles. The number of β-lactam (4-membered cyclic amide) rings is 1. The third-order valence-electron chi connectivity index (χ3n) is 6.58. The molecular formula is C25H20F2N6O2. The predicted octanol–water partition coefficient (Wildman–Crippen LogP) is 4.03. The van der Waals surface area contributed by atoms with Crippen LogP contribution in [-0.4, -0.2) is 39.9 Å². The van der Waals surface area contributed by atoms with Gasteiger partial charge in [0, 0.05) is 37.2 Å². The van der Waals surface area contributed by atoms with Crippen molar-refractivity contribution in [3.8, 4) is 6.07 Å². The van der Waals surface area contributed by atoms with Crippen LogP contribution in [0.1, 0.15) is 30.1 Å². The van der Waals surface area contributed by atoms with E-state index in [1.165, 1.54) is 11.1 Å². The van der Waals surface area contributed by atoms with Gasteiger partial charge in [0.25, 0.3) is 0 Å². The zero-order valence-corrected chi connectivity index (χ0v) is 18.5. The Morgan fingerprint density at radius 3 is 2.51 bits per heavy atom. The van der Waals surface area contributed by atoms with Gasteiger partial charge in [-0.1, -0.05) is 6.07 Å². The third-order valence-corrected chi connectivity index (χ3v) is 6.58. The monoisotopic (exact) mass is 474 g/mol. The number of benzene rings is 1. The summed E-state index contributed by atoms with van der Waals surface area (Å²) in [6.45, 7) is 0.562. The second kappa shape index (κ2) is 8.76. The van der Waals surface area contributed by atoms with E-state index in [-0.39, 0.29) is 30.7 Å². The molecule has 2 aliphatic heterocycles.